The van der Waals surface area contributed by atoms with Crippen molar-refractivity contribution in [1.29, 1.82) is 0 Å². The summed E-state index contributed by atoms with van der Waals surface area (Å²) < 4.78 is 72.5. The second-order valence-electron chi connectivity index (χ2n) is 6.51. The van der Waals surface area contributed by atoms with Gasteiger partial charge in [0.05, 0.1) is 29.5 Å². The van der Waals surface area contributed by atoms with E-state index in [1.807, 2.05) is 0 Å². The first-order chi connectivity index (χ1) is 14.7. The quantitative estimate of drug-likeness (QED) is 0.494. The molecule has 2 aromatic carbocycles. The third kappa shape index (κ3) is 4.31. The van der Waals surface area contributed by atoms with Crippen molar-refractivity contribution in [2.75, 3.05) is 11.8 Å². The monoisotopic (exact) mass is 448 g/mol. The summed E-state index contributed by atoms with van der Waals surface area (Å²) in [5.74, 6) is 0.427. The van der Waals surface area contributed by atoms with Gasteiger partial charge >= 0.3 is 6.18 Å². The zero-order chi connectivity index (χ0) is 22.2. The maximum Gasteiger partial charge on any atom is 0.416 e. The number of anilines is 1. The van der Waals surface area contributed by atoms with Crippen LogP contribution in [-0.2, 0) is 16.2 Å². The molecular formula is C20H15F3N4O3S. The van der Waals surface area contributed by atoms with E-state index in [0.717, 1.165) is 18.2 Å². The molecule has 0 aliphatic heterocycles. The van der Waals surface area contributed by atoms with E-state index in [1.54, 1.807) is 35.0 Å². The fraction of sp³-hybridized carbons (Fsp3) is 0.100. The number of ether oxygens (including phenoxy) is 1. The number of rotatable bonds is 5. The summed E-state index contributed by atoms with van der Waals surface area (Å²) in [6, 6.07) is 13.3. The first-order valence-corrected chi connectivity index (χ1v) is 10.3. The Kier molecular flexibility index (Phi) is 5.05. The summed E-state index contributed by atoms with van der Waals surface area (Å²) in [5, 5.41) is 4.22. The number of hydrogen-bond acceptors (Lipinski definition) is 5. The van der Waals surface area contributed by atoms with E-state index >= 15 is 0 Å². The number of alkyl halides is 3. The minimum absolute atomic E-state index is 0.199. The van der Waals surface area contributed by atoms with Crippen molar-refractivity contribution in [1.82, 2.24) is 14.6 Å². The number of hydrogen-bond donors (Lipinski definition) is 1. The molecule has 0 saturated carbocycles. The first-order valence-electron chi connectivity index (χ1n) is 8.87. The van der Waals surface area contributed by atoms with Crippen molar-refractivity contribution in [3.8, 4) is 17.1 Å². The minimum Gasteiger partial charge on any atom is -0.480 e. The number of imidazole rings is 1. The van der Waals surface area contributed by atoms with Gasteiger partial charge in [-0.3, -0.25) is 4.72 Å². The molecule has 2 aromatic heterocycles. The van der Waals surface area contributed by atoms with Crippen LogP contribution in [0, 0.1) is 0 Å². The van der Waals surface area contributed by atoms with Crippen LogP contribution >= 0.6 is 0 Å². The van der Waals surface area contributed by atoms with Crippen molar-refractivity contribution < 1.29 is 26.3 Å². The predicted octanol–water partition coefficient (Wildman–Crippen LogP) is 4.22. The number of nitrogens with zero attached hydrogens (tertiary/aromatic N) is 3. The number of nitrogens with one attached hydrogen (secondary N) is 1. The van der Waals surface area contributed by atoms with Gasteiger partial charge in [-0.05, 0) is 36.4 Å². The Labute approximate surface area is 175 Å². The molecule has 0 amide bonds. The lowest BCUT2D eigenvalue weighted by molar-refractivity contribution is -0.137. The Bertz CT molecular complexity index is 1350. The summed E-state index contributed by atoms with van der Waals surface area (Å²) in [6.07, 6.45) is -2.94. The van der Waals surface area contributed by atoms with E-state index in [2.05, 4.69) is 14.8 Å². The largest absolute Gasteiger partial charge is 0.480 e. The van der Waals surface area contributed by atoms with Gasteiger partial charge in [-0.25, -0.2) is 17.9 Å². The third-order valence-electron chi connectivity index (χ3n) is 4.41. The maximum atomic E-state index is 12.9. The molecule has 0 bridgehead atoms. The lowest BCUT2D eigenvalue weighted by Crippen LogP contribution is -2.14. The molecule has 0 spiro atoms. The van der Waals surface area contributed by atoms with Crippen molar-refractivity contribution in [3.63, 3.8) is 0 Å². The molecule has 7 nitrogen and oxygen atoms in total. The van der Waals surface area contributed by atoms with Gasteiger partial charge in [0.25, 0.3) is 10.0 Å². The summed E-state index contributed by atoms with van der Waals surface area (Å²) in [7, 11) is -2.69. The van der Waals surface area contributed by atoms with E-state index in [4.69, 9.17) is 4.74 Å². The fourth-order valence-electron chi connectivity index (χ4n) is 2.88. The average molecular weight is 448 g/mol. The van der Waals surface area contributed by atoms with Gasteiger partial charge in [0.1, 0.15) is 0 Å². The van der Waals surface area contributed by atoms with Crippen LogP contribution in [0.5, 0.6) is 5.88 Å². The van der Waals surface area contributed by atoms with Crippen LogP contribution in [0.25, 0.3) is 16.9 Å². The molecule has 0 fully saturated rings. The Morgan fingerprint density at radius 3 is 2.45 bits per heavy atom. The first kappa shape index (κ1) is 20.7. The third-order valence-corrected chi connectivity index (χ3v) is 5.79. The highest BCUT2D eigenvalue weighted by Gasteiger charge is 2.31. The van der Waals surface area contributed by atoms with Gasteiger partial charge in [0.15, 0.2) is 5.65 Å². The fourth-order valence-corrected chi connectivity index (χ4v) is 3.98. The molecule has 0 saturated heterocycles. The zero-order valence-electron chi connectivity index (χ0n) is 16.0. The van der Waals surface area contributed by atoms with Crippen molar-refractivity contribution in [3.05, 3.63) is 72.4 Å². The minimum atomic E-state index is -4.64. The van der Waals surface area contributed by atoms with E-state index in [0.29, 0.717) is 28.9 Å². The molecule has 0 atom stereocenters. The molecule has 31 heavy (non-hydrogen) atoms. The Hall–Kier alpha value is -3.60. The normalized spacial score (nSPS) is 12.1. The molecule has 11 heteroatoms. The summed E-state index contributed by atoms with van der Waals surface area (Å²) in [6.45, 7) is 0. The Morgan fingerprint density at radius 1 is 1.03 bits per heavy atom. The molecule has 0 radical (unpaired) electrons. The zero-order valence-corrected chi connectivity index (χ0v) is 16.8. The molecule has 0 aliphatic rings. The summed E-state index contributed by atoms with van der Waals surface area (Å²) in [5.41, 5.74) is 1.07. The highest BCUT2D eigenvalue weighted by Crippen LogP contribution is 2.31. The lowest BCUT2D eigenvalue weighted by Gasteiger charge is -2.11. The van der Waals surface area contributed by atoms with Crippen LogP contribution in [0.2, 0.25) is 0 Å². The number of aromatic nitrogens is 3. The summed E-state index contributed by atoms with van der Waals surface area (Å²) >= 11 is 0. The van der Waals surface area contributed by atoms with Crippen molar-refractivity contribution in [2.24, 2.45) is 0 Å². The summed E-state index contributed by atoms with van der Waals surface area (Å²) in [4.78, 5) is 3.96. The Morgan fingerprint density at radius 2 is 1.77 bits per heavy atom. The second-order valence-corrected chi connectivity index (χ2v) is 8.20. The van der Waals surface area contributed by atoms with Crippen LogP contribution < -0.4 is 9.46 Å². The molecule has 0 unspecified atom stereocenters. The van der Waals surface area contributed by atoms with Gasteiger partial charge in [-0.15, -0.1) is 5.10 Å². The van der Waals surface area contributed by atoms with E-state index < -0.39 is 26.7 Å². The number of benzene rings is 2. The molecule has 0 aliphatic carbocycles. The van der Waals surface area contributed by atoms with E-state index in [1.165, 1.54) is 19.2 Å². The van der Waals surface area contributed by atoms with Crippen LogP contribution in [0.1, 0.15) is 5.56 Å². The average Bonchev–Trinajstić information content (AvgIpc) is 3.16. The van der Waals surface area contributed by atoms with Crippen LogP contribution in [0.15, 0.2) is 71.8 Å². The van der Waals surface area contributed by atoms with E-state index in [-0.39, 0.29) is 5.69 Å². The predicted molar refractivity (Wildman–Crippen MR) is 107 cm³/mol. The molecule has 4 rings (SSSR count). The molecular weight excluding hydrogens is 433 g/mol. The highest BCUT2D eigenvalue weighted by atomic mass is 32.2. The van der Waals surface area contributed by atoms with Gasteiger partial charge in [0.2, 0.25) is 5.88 Å². The lowest BCUT2D eigenvalue weighted by atomic mass is 10.1. The van der Waals surface area contributed by atoms with Crippen LogP contribution in [0.4, 0.5) is 18.9 Å². The van der Waals surface area contributed by atoms with Gasteiger partial charge in [-0.2, -0.15) is 13.2 Å². The molecule has 1 N–H and O–H groups in total. The highest BCUT2D eigenvalue weighted by molar-refractivity contribution is 7.92. The topological polar surface area (TPSA) is 85.6 Å². The maximum absolute atomic E-state index is 12.9. The molecule has 2 heterocycles. The SMILES string of the molecule is COc1ccc2nc(-c3ccc(NS(=O)(=O)c4cccc(C(F)(F)F)c4)cc3)cn2n1. The van der Waals surface area contributed by atoms with Crippen molar-refractivity contribution in [2.45, 2.75) is 11.1 Å². The van der Waals surface area contributed by atoms with Crippen LogP contribution in [0.3, 0.4) is 0 Å². The number of halogens is 3. The molecule has 4 aromatic rings. The van der Waals surface area contributed by atoms with Crippen molar-refractivity contribution >= 4 is 21.4 Å². The van der Waals surface area contributed by atoms with Crippen LogP contribution in [-0.4, -0.2) is 30.1 Å². The molecule has 160 valence electrons. The number of methoxy groups -OCH3 is 1. The van der Waals surface area contributed by atoms with Gasteiger partial charge in [-0.1, -0.05) is 18.2 Å². The Balaban J connectivity index is 1.57. The smallest absolute Gasteiger partial charge is 0.416 e. The standard InChI is InChI=1S/C20H15F3N4O3S/c1-30-19-10-9-18-24-17(12-27(18)25-19)13-5-7-15(8-6-13)26-31(28,29)16-4-2-3-14(11-16)20(21,22)23/h2-12,26H,1H3. The number of sulfonamides is 1. The second kappa shape index (κ2) is 7.58. The number of fused-ring (bicyclic) bond motifs is 1. The van der Waals surface area contributed by atoms with Gasteiger partial charge < -0.3 is 4.74 Å². The van der Waals surface area contributed by atoms with Gasteiger partial charge in [0, 0.05) is 17.3 Å². The van der Waals surface area contributed by atoms with E-state index in [9.17, 15) is 21.6 Å².